The summed E-state index contributed by atoms with van der Waals surface area (Å²) < 4.78 is 28.5. The highest BCUT2D eigenvalue weighted by atomic mass is 32.2. The van der Waals surface area contributed by atoms with Crippen molar-refractivity contribution in [3.8, 4) is 0 Å². The molecule has 0 amide bonds. The van der Waals surface area contributed by atoms with Crippen LogP contribution in [-0.4, -0.2) is 20.8 Å². The minimum atomic E-state index is -3.28. The molecule has 0 aromatic heterocycles. The molecule has 0 atom stereocenters. The van der Waals surface area contributed by atoms with Crippen molar-refractivity contribution in [2.24, 2.45) is 0 Å². The van der Waals surface area contributed by atoms with E-state index in [-0.39, 0.29) is 5.75 Å². The van der Waals surface area contributed by atoms with Gasteiger partial charge in [-0.25, -0.2) is 0 Å². The van der Waals surface area contributed by atoms with Crippen LogP contribution in [0.2, 0.25) is 0 Å². The summed E-state index contributed by atoms with van der Waals surface area (Å²) in [5.41, 5.74) is 0. The molecule has 23 heavy (non-hydrogen) atoms. The van der Waals surface area contributed by atoms with E-state index in [0.717, 1.165) is 32.1 Å². The summed E-state index contributed by atoms with van der Waals surface area (Å²) in [7, 11) is -3.28. The normalized spacial score (nSPS) is 11.9. The van der Waals surface area contributed by atoms with Crippen LogP contribution in [0.25, 0.3) is 0 Å². The minimum Gasteiger partial charge on any atom is -0.270 e. The topological polar surface area (TPSA) is 43.4 Å². The molecular weight excluding hydrogens is 308 g/mol. The zero-order valence-corrected chi connectivity index (χ0v) is 16.5. The highest BCUT2D eigenvalue weighted by Gasteiger charge is 2.10. The summed E-state index contributed by atoms with van der Waals surface area (Å²) in [5, 5.41) is 0. The van der Waals surface area contributed by atoms with E-state index in [1.54, 1.807) is 0 Å². The highest BCUT2D eigenvalue weighted by Crippen LogP contribution is 2.11. The fourth-order valence-corrected chi connectivity index (χ4v) is 3.76. The van der Waals surface area contributed by atoms with E-state index in [1.165, 1.54) is 64.2 Å². The lowest BCUT2D eigenvalue weighted by atomic mass is 10.1. The van der Waals surface area contributed by atoms with Gasteiger partial charge in [0.2, 0.25) is 0 Å². The van der Waals surface area contributed by atoms with Gasteiger partial charge < -0.3 is 0 Å². The van der Waals surface area contributed by atoms with Crippen LogP contribution in [0.5, 0.6) is 0 Å². The van der Waals surface area contributed by atoms with Crippen LogP contribution in [0.4, 0.5) is 0 Å². The molecule has 0 unspecified atom stereocenters. The predicted octanol–water partition coefficient (Wildman–Crippen LogP) is 6.22. The maximum atomic E-state index is 11.7. The van der Waals surface area contributed by atoms with Gasteiger partial charge in [0.25, 0.3) is 10.1 Å². The number of unbranched alkanes of at least 4 members (excludes halogenated alkanes) is 13. The molecule has 0 saturated carbocycles. The molecule has 0 bridgehead atoms. The molecule has 0 radical (unpaired) electrons. The molecule has 0 aromatic carbocycles. The molecule has 0 aliphatic heterocycles. The van der Waals surface area contributed by atoms with Gasteiger partial charge in [-0.15, -0.1) is 0 Å². The fraction of sp³-hybridized carbons (Fsp3) is 1.00. The Kier molecular flexibility index (Phi) is 16.7. The van der Waals surface area contributed by atoms with Crippen LogP contribution < -0.4 is 0 Å². The van der Waals surface area contributed by atoms with Crippen LogP contribution in [0.15, 0.2) is 0 Å². The third-order valence-electron chi connectivity index (χ3n) is 4.26. The van der Waals surface area contributed by atoms with E-state index in [1.807, 2.05) is 0 Å². The number of hydrogen-bond donors (Lipinski definition) is 0. The van der Waals surface area contributed by atoms with Crippen molar-refractivity contribution in [3.63, 3.8) is 0 Å². The van der Waals surface area contributed by atoms with Gasteiger partial charge in [0, 0.05) is 0 Å². The molecule has 3 nitrogen and oxygen atoms in total. The molecule has 0 N–H and O–H groups in total. The van der Waals surface area contributed by atoms with Crippen LogP contribution in [-0.2, 0) is 14.3 Å². The second-order valence-electron chi connectivity index (χ2n) is 6.68. The molecule has 0 fully saturated rings. The van der Waals surface area contributed by atoms with Crippen molar-refractivity contribution < 1.29 is 12.6 Å². The van der Waals surface area contributed by atoms with E-state index in [9.17, 15) is 8.42 Å². The Morgan fingerprint density at radius 1 is 0.565 bits per heavy atom. The van der Waals surface area contributed by atoms with E-state index in [2.05, 4.69) is 13.8 Å². The van der Waals surface area contributed by atoms with Gasteiger partial charge >= 0.3 is 0 Å². The van der Waals surface area contributed by atoms with E-state index < -0.39 is 10.1 Å². The minimum absolute atomic E-state index is 0.193. The first-order chi connectivity index (χ1) is 11.1. The Labute approximate surface area is 145 Å². The first-order valence-electron chi connectivity index (χ1n) is 9.99. The summed E-state index contributed by atoms with van der Waals surface area (Å²) in [6.07, 6.45) is 17.7. The maximum absolute atomic E-state index is 11.7. The Bertz CT molecular complexity index is 326. The van der Waals surface area contributed by atoms with Crippen LogP contribution in [0, 0.1) is 0 Å². The summed E-state index contributed by atoms with van der Waals surface area (Å²) >= 11 is 0. The van der Waals surface area contributed by atoms with Gasteiger partial charge in [-0.3, -0.25) is 4.18 Å². The number of rotatable bonds is 18. The molecule has 0 aliphatic carbocycles. The van der Waals surface area contributed by atoms with Gasteiger partial charge in [0.1, 0.15) is 0 Å². The molecule has 4 heteroatoms. The molecule has 0 spiro atoms. The molecule has 0 rings (SSSR count). The van der Waals surface area contributed by atoms with E-state index in [0.29, 0.717) is 6.61 Å². The summed E-state index contributed by atoms with van der Waals surface area (Å²) in [4.78, 5) is 0. The van der Waals surface area contributed by atoms with Gasteiger partial charge in [0.05, 0.1) is 12.4 Å². The van der Waals surface area contributed by atoms with Crippen molar-refractivity contribution in [1.82, 2.24) is 0 Å². The molecule has 0 aromatic rings. The van der Waals surface area contributed by atoms with Crippen molar-refractivity contribution in [2.45, 2.75) is 110 Å². The molecule has 0 aliphatic rings. The Hall–Kier alpha value is -0.0900. The van der Waals surface area contributed by atoms with Crippen molar-refractivity contribution in [1.29, 1.82) is 0 Å². The lowest BCUT2D eigenvalue weighted by molar-refractivity contribution is 0.305. The Balaban J connectivity index is 3.35. The van der Waals surface area contributed by atoms with Crippen LogP contribution in [0.1, 0.15) is 110 Å². The van der Waals surface area contributed by atoms with Crippen molar-refractivity contribution in [3.05, 3.63) is 0 Å². The molecule has 0 heterocycles. The second-order valence-corrected chi connectivity index (χ2v) is 8.44. The molecule has 0 saturated heterocycles. The second kappa shape index (κ2) is 16.8. The molecular formula is C19H40O3S. The average Bonchev–Trinajstić information content (AvgIpc) is 2.52. The van der Waals surface area contributed by atoms with Gasteiger partial charge in [-0.1, -0.05) is 97.3 Å². The Morgan fingerprint density at radius 3 is 1.43 bits per heavy atom. The van der Waals surface area contributed by atoms with Crippen molar-refractivity contribution in [2.75, 3.05) is 12.4 Å². The largest absolute Gasteiger partial charge is 0.270 e. The first-order valence-corrected chi connectivity index (χ1v) is 11.6. The summed E-state index contributed by atoms with van der Waals surface area (Å²) in [6.45, 7) is 4.78. The van der Waals surface area contributed by atoms with Gasteiger partial charge in [0.15, 0.2) is 0 Å². The zero-order valence-electron chi connectivity index (χ0n) is 15.7. The highest BCUT2D eigenvalue weighted by molar-refractivity contribution is 7.86. The standard InChI is InChI=1S/C19H40O3S/c1-3-5-7-9-10-11-12-13-15-17-19-23(20,21)22-18-16-14-8-6-4-2/h3-19H2,1-2H3. The van der Waals surface area contributed by atoms with E-state index >= 15 is 0 Å². The third-order valence-corrected chi connectivity index (χ3v) is 5.57. The average molecular weight is 349 g/mol. The lowest BCUT2D eigenvalue weighted by Gasteiger charge is -2.06. The summed E-state index contributed by atoms with van der Waals surface area (Å²) in [5.74, 6) is 0.193. The van der Waals surface area contributed by atoms with Gasteiger partial charge in [-0.05, 0) is 12.8 Å². The monoisotopic (exact) mass is 348 g/mol. The summed E-state index contributed by atoms with van der Waals surface area (Å²) in [6, 6.07) is 0. The molecule has 140 valence electrons. The van der Waals surface area contributed by atoms with Crippen LogP contribution >= 0.6 is 0 Å². The number of hydrogen-bond acceptors (Lipinski definition) is 3. The maximum Gasteiger partial charge on any atom is 0.267 e. The SMILES string of the molecule is CCCCCCCCCCCCS(=O)(=O)OCCCCCCC. The Morgan fingerprint density at radius 2 is 0.957 bits per heavy atom. The van der Waals surface area contributed by atoms with Gasteiger partial charge in [-0.2, -0.15) is 8.42 Å². The van der Waals surface area contributed by atoms with Crippen molar-refractivity contribution >= 4 is 10.1 Å². The third kappa shape index (κ3) is 18.1. The quantitative estimate of drug-likeness (QED) is 0.218. The zero-order chi connectivity index (χ0) is 17.2. The van der Waals surface area contributed by atoms with Crippen LogP contribution in [0.3, 0.4) is 0 Å². The predicted molar refractivity (Wildman–Crippen MR) is 100 cm³/mol. The first kappa shape index (κ1) is 22.9. The fourth-order valence-electron chi connectivity index (χ4n) is 2.72. The van der Waals surface area contributed by atoms with E-state index in [4.69, 9.17) is 4.18 Å². The lowest BCUT2D eigenvalue weighted by Crippen LogP contribution is -2.11. The smallest absolute Gasteiger partial charge is 0.267 e.